The molecule has 17 heteroatoms. The van der Waals surface area contributed by atoms with Crippen molar-refractivity contribution in [2.24, 2.45) is 0 Å². The van der Waals surface area contributed by atoms with E-state index >= 15 is 13.2 Å². The van der Waals surface area contributed by atoms with Gasteiger partial charge in [-0.05, 0) is 58.8 Å². The minimum atomic E-state index is -5.16. The summed E-state index contributed by atoms with van der Waals surface area (Å²) in [5.41, 5.74) is -5.26. The molecule has 344 valence electrons. The van der Waals surface area contributed by atoms with Crippen LogP contribution < -0.4 is 20.4 Å². The fourth-order valence-electron chi connectivity index (χ4n) is 7.79. The second kappa shape index (κ2) is 20.4. The highest BCUT2D eigenvalue weighted by Crippen LogP contribution is 2.48. The molecule has 10 nitrogen and oxygen atoms in total. The zero-order valence-corrected chi connectivity index (χ0v) is 37.2. The number of alkyl halides is 6. The van der Waals surface area contributed by atoms with Crippen LogP contribution in [-0.4, -0.2) is 47.0 Å². The van der Waals surface area contributed by atoms with Crippen LogP contribution in [0.4, 0.5) is 36.8 Å². The van der Waals surface area contributed by atoms with Crippen molar-refractivity contribution >= 4 is 30.5 Å². The molecule has 0 bridgehead atoms. The molecule has 0 saturated heterocycles. The van der Waals surface area contributed by atoms with Crippen LogP contribution in [0.1, 0.15) is 82.4 Å². The Morgan fingerprint density at radius 3 is 1.80 bits per heavy atom. The number of unbranched alkanes of at least 4 members (excludes halogenated alkanes) is 2. The van der Waals surface area contributed by atoms with Crippen LogP contribution in [-0.2, 0) is 34.2 Å². The molecule has 0 unspecified atom stereocenters. The molecule has 1 amide bonds. The molecule has 0 saturated carbocycles. The number of rotatable bonds is 19. The highest BCUT2D eigenvalue weighted by atomic mass is 28.4. The second-order valence-electron chi connectivity index (χ2n) is 16.6. The van der Waals surface area contributed by atoms with E-state index in [0.717, 1.165) is 10.4 Å². The van der Waals surface area contributed by atoms with Crippen molar-refractivity contribution in [3.63, 3.8) is 0 Å². The van der Waals surface area contributed by atoms with Crippen molar-refractivity contribution < 1.29 is 54.6 Å². The highest BCUT2D eigenvalue weighted by molar-refractivity contribution is 6.99. The SMILES string of the molecule is C[C@@H](CCCCC[C@@](OCc1ccccc1)(c1nnc(-c2nc(OCc3ccccc3)c(C(F)(F)F)cc2NC(=O)O)o1)C(F)(F)F)O[Si](c1ccccc1)(c1ccccc1)C(C)(C)C. The molecule has 0 aliphatic carbocycles. The number of ether oxygens (including phenoxy) is 2. The van der Waals surface area contributed by atoms with Gasteiger partial charge >= 0.3 is 18.4 Å². The van der Waals surface area contributed by atoms with E-state index in [0.29, 0.717) is 36.5 Å². The monoisotopic (exact) mass is 920 g/mol. The lowest BCUT2D eigenvalue weighted by Gasteiger charge is -2.44. The Morgan fingerprint density at radius 1 is 0.754 bits per heavy atom. The van der Waals surface area contributed by atoms with Crippen LogP contribution in [0.25, 0.3) is 11.6 Å². The molecular formula is C48H50F6N4O6Si. The second-order valence-corrected chi connectivity index (χ2v) is 20.9. The van der Waals surface area contributed by atoms with Crippen LogP contribution in [0.15, 0.2) is 132 Å². The van der Waals surface area contributed by atoms with Gasteiger partial charge < -0.3 is 23.4 Å². The molecule has 0 radical (unpaired) electrons. The first-order valence-electron chi connectivity index (χ1n) is 21.0. The molecule has 0 spiro atoms. The van der Waals surface area contributed by atoms with Crippen LogP contribution in [0.2, 0.25) is 5.04 Å². The van der Waals surface area contributed by atoms with Gasteiger partial charge in [-0.3, -0.25) is 5.32 Å². The summed E-state index contributed by atoms with van der Waals surface area (Å²) in [5.74, 6) is -2.86. The molecule has 2 aromatic heterocycles. The fraction of sp³-hybridized carbons (Fsp3) is 0.333. The molecule has 4 aromatic carbocycles. The largest absolute Gasteiger partial charge is 0.472 e. The van der Waals surface area contributed by atoms with E-state index in [-0.39, 0.29) is 24.2 Å². The van der Waals surface area contributed by atoms with E-state index in [2.05, 4.69) is 60.2 Å². The van der Waals surface area contributed by atoms with Gasteiger partial charge in [0.25, 0.3) is 20.1 Å². The number of hydrogen-bond donors (Lipinski definition) is 2. The van der Waals surface area contributed by atoms with Crippen molar-refractivity contribution in [3.05, 3.63) is 150 Å². The van der Waals surface area contributed by atoms with Gasteiger partial charge in [-0.25, -0.2) is 9.78 Å². The van der Waals surface area contributed by atoms with E-state index in [1.54, 1.807) is 60.7 Å². The first-order valence-corrected chi connectivity index (χ1v) is 22.9. The quantitative estimate of drug-likeness (QED) is 0.0463. The summed E-state index contributed by atoms with van der Waals surface area (Å²) in [6.07, 6.45) is -11.7. The molecule has 2 heterocycles. The number of nitrogens with one attached hydrogen (secondary N) is 1. The summed E-state index contributed by atoms with van der Waals surface area (Å²) >= 11 is 0. The van der Waals surface area contributed by atoms with Gasteiger partial charge in [-0.15, -0.1) is 10.2 Å². The van der Waals surface area contributed by atoms with E-state index in [4.69, 9.17) is 18.3 Å². The first-order chi connectivity index (χ1) is 30.8. The number of benzene rings is 4. The van der Waals surface area contributed by atoms with E-state index in [9.17, 15) is 23.1 Å². The Hall–Kier alpha value is -6.04. The minimum Gasteiger partial charge on any atom is -0.472 e. The number of anilines is 1. The highest BCUT2D eigenvalue weighted by Gasteiger charge is 2.61. The number of hydrogen-bond acceptors (Lipinski definition) is 8. The lowest BCUT2D eigenvalue weighted by atomic mass is 9.94. The molecule has 6 aromatic rings. The minimum absolute atomic E-state index is 0.0280. The lowest BCUT2D eigenvalue weighted by molar-refractivity contribution is -0.300. The van der Waals surface area contributed by atoms with Crippen molar-refractivity contribution in [1.82, 2.24) is 15.2 Å². The summed E-state index contributed by atoms with van der Waals surface area (Å²) in [4.78, 5) is 15.7. The Labute approximate surface area is 374 Å². The van der Waals surface area contributed by atoms with Crippen LogP contribution in [0, 0.1) is 0 Å². The van der Waals surface area contributed by atoms with Crippen LogP contribution in [0.3, 0.4) is 0 Å². The molecule has 0 aliphatic heterocycles. The van der Waals surface area contributed by atoms with Crippen LogP contribution in [0.5, 0.6) is 5.88 Å². The van der Waals surface area contributed by atoms with Gasteiger partial charge in [0.2, 0.25) is 11.5 Å². The molecule has 6 rings (SSSR count). The molecule has 2 N–H and O–H groups in total. The summed E-state index contributed by atoms with van der Waals surface area (Å²) in [6, 6.07) is 36.9. The maximum atomic E-state index is 15.7. The van der Waals surface area contributed by atoms with Gasteiger partial charge in [0, 0.05) is 6.10 Å². The van der Waals surface area contributed by atoms with Gasteiger partial charge in [0.1, 0.15) is 12.2 Å². The van der Waals surface area contributed by atoms with E-state index in [1.807, 2.05) is 48.6 Å². The standard InChI is InChI=1S/C48H50F6N4O6Si/c1-33(64-65(45(2,3)4,36-25-15-7-16-26-36)37-27-17-8-18-28-37)20-10-9-19-29-46(48(52,53)54,62-32-35-23-13-6-14-24-35)43-58-57-42(63-43)40-39(55-44(59)60)30-38(47(49,50)51)41(56-40)61-31-34-21-11-5-12-22-34/h5-8,11-18,21-28,30,33,55H,9-10,19-20,29,31-32H2,1-4H3,(H,59,60)/t33-,46+/m0/s1. The van der Waals surface area contributed by atoms with E-state index < -0.39 is 80.0 Å². The third-order valence-electron chi connectivity index (χ3n) is 10.9. The van der Waals surface area contributed by atoms with Gasteiger partial charge in [-0.2, -0.15) is 26.3 Å². The lowest BCUT2D eigenvalue weighted by Crippen LogP contribution is -2.67. The number of carboxylic acid groups (broad SMARTS) is 1. The van der Waals surface area contributed by atoms with Crippen molar-refractivity contribution in [2.45, 2.75) is 102 Å². The van der Waals surface area contributed by atoms with E-state index in [1.165, 1.54) is 0 Å². The third-order valence-corrected chi connectivity index (χ3v) is 16.1. The molecule has 2 atom stereocenters. The maximum absolute atomic E-state index is 15.7. The molecule has 65 heavy (non-hydrogen) atoms. The normalized spacial score (nSPS) is 13.8. The number of carbonyl (C=O) groups is 1. The summed E-state index contributed by atoms with van der Waals surface area (Å²) in [5, 5.41) is 20.8. The Balaban J connectivity index is 1.29. The predicted octanol–water partition coefficient (Wildman–Crippen LogP) is 11.7. The first kappa shape index (κ1) is 48.4. The van der Waals surface area contributed by atoms with Gasteiger partial charge in [-0.1, -0.05) is 155 Å². The summed E-state index contributed by atoms with van der Waals surface area (Å²) in [7, 11) is -2.90. The number of amides is 1. The number of aromatic nitrogens is 3. The van der Waals surface area contributed by atoms with Crippen molar-refractivity contribution in [2.75, 3.05) is 5.32 Å². The number of nitrogens with zero attached hydrogens (tertiary/aromatic N) is 3. The zero-order valence-electron chi connectivity index (χ0n) is 36.2. The Morgan fingerprint density at radius 2 is 1.29 bits per heavy atom. The number of halogens is 6. The van der Waals surface area contributed by atoms with Crippen LogP contribution >= 0.6 is 0 Å². The predicted molar refractivity (Wildman–Crippen MR) is 235 cm³/mol. The zero-order chi connectivity index (χ0) is 46.9. The smallest absolute Gasteiger partial charge is 0.426 e. The topological polar surface area (TPSA) is 129 Å². The average molecular weight is 921 g/mol. The molecule has 0 fully saturated rings. The third kappa shape index (κ3) is 11.4. The average Bonchev–Trinajstić information content (AvgIpc) is 3.76. The Bertz CT molecular complexity index is 2410. The van der Waals surface area contributed by atoms with Gasteiger partial charge in [0.05, 0.1) is 12.3 Å². The summed E-state index contributed by atoms with van der Waals surface area (Å²) in [6.45, 7) is 7.56. The number of pyridine rings is 1. The van der Waals surface area contributed by atoms with Crippen molar-refractivity contribution in [1.29, 1.82) is 0 Å². The van der Waals surface area contributed by atoms with Gasteiger partial charge in [0.15, 0.2) is 5.69 Å². The maximum Gasteiger partial charge on any atom is 0.426 e. The fourth-order valence-corrected chi connectivity index (χ4v) is 12.5. The Kier molecular flexibility index (Phi) is 15.2. The summed E-state index contributed by atoms with van der Waals surface area (Å²) < 4.78 is 114. The molecular weight excluding hydrogens is 871 g/mol. The van der Waals surface area contributed by atoms with Crippen molar-refractivity contribution in [3.8, 4) is 17.5 Å². The molecule has 0 aliphatic rings.